The standard InChI is InChI=1S/C34H45N3O5/c1-9-41-31(38)25(36-40)17-23-19-35-29-27(23)26(18-24-28(29)34(6,7)16-15-33(24,4)5)37(8)30(21(2)3)32(39)42-20-22-13-11-10-12-14-22/h10-14,18-19,21,30,35,40H,9,15-17,20H2,1-8H3/b36-25-/t30-/m0/s1. The molecule has 1 aromatic heterocycles. The summed E-state index contributed by atoms with van der Waals surface area (Å²) in [4.78, 5) is 31.7. The summed E-state index contributed by atoms with van der Waals surface area (Å²) in [5, 5.41) is 13.9. The summed E-state index contributed by atoms with van der Waals surface area (Å²) in [7, 11) is 1.93. The first-order valence-corrected chi connectivity index (χ1v) is 14.8. The van der Waals surface area contributed by atoms with Gasteiger partial charge in [-0.3, -0.25) is 0 Å². The van der Waals surface area contributed by atoms with Crippen LogP contribution in [0.1, 0.15) is 83.6 Å². The van der Waals surface area contributed by atoms with E-state index in [-0.39, 0.29) is 48.1 Å². The van der Waals surface area contributed by atoms with Crippen LogP contribution in [0.2, 0.25) is 0 Å². The lowest BCUT2D eigenvalue weighted by molar-refractivity contribution is -0.147. The van der Waals surface area contributed by atoms with E-state index in [0.29, 0.717) is 0 Å². The molecule has 4 rings (SSSR count). The van der Waals surface area contributed by atoms with Gasteiger partial charge in [0.2, 0.25) is 0 Å². The van der Waals surface area contributed by atoms with Crippen molar-refractivity contribution in [3.63, 3.8) is 0 Å². The van der Waals surface area contributed by atoms with Crippen molar-refractivity contribution in [1.29, 1.82) is 0 Å². The Kier molecular flexibility index (Phi) is 9.04. The van der Waals surface area contributed by atoms with Crippen molar-refractivity contribution in [2.75, 3.05) is 18.6 Å². The number of aromatic nitrogens is 1. The minimum absolute atomic E-state index is 0.0507. The van der Waals surface area contributed by atoms with Crippen LogP contribution >= 0.6 is 0 Å². The SMILES string of the molecule is CCOC(=O)/C(Cc1c[nH]c2c3c(cc(N(C)[C@H](C(=O)OCc4ccccc4)C(C)C)c12)C(C)(C)CCC3(C)C)=N\O. The first kappa shape index (κ1) is 31.1. The molecule has 1 aliphatic rings. The minimum atomic E-state index is -0.659. The fraction of sp³-hybridized carbons (Fsp3) is 0.500. The average molecular weight is 576 g/mol. The van der Waals surface area contributed by atoms with Crippen molar-refractivity contribution in [3.8, 4) is 0 Å². The van der Waals surface area contributed by atoms with Crippen LogP contribution in [0.3, 0.4) is 0 Å². The molecule has 0 amide bonds. The Bertz CT molecular complexity index is 1470. The number of aromatic amines is 1. The highest BCUT2D eigenvalue weighted by molar-refractivity contribution is 6.37. The molecule has 0 saturated carbocycles. The van der Waals surface area contributed by atoms with Gasteiger partial charge in [-0.25, -0.2) is 9.59 Å². The van der Waals surface area contributed by atoms with Crippen molar-refractivity contribution in [1.82, 2.24) is 4.98 Å². The Labute approximate surface area is 249 Å². The smallest absolute Gasteiger partial charge is 0.356 e. The molecule has 0 fully saturated rings. The number of rotatable bonds is 10. The normalized spacial score (nSPS) is 16.6. The minimum Gasteiger partial charge on any atom is -0.461 e. The number of anilines is 1. The second-order valence-corrected chi connectivity index (χ2v) is 13.0. The highest BCUT2D eigenvalue weighted by atomic mass is 16.5. The van der Waals surface area contributed by atoms with Gasteiger partial charge in [-0.2, -0.15) is 0 Å². The van der Waals surface area contributed by atoms with Gasteiger partial charge in [0, 0.05) is 30.7 Å². The fourth-order valence-corrected chi connectivity index (χ4v) is 6.29. The highest BCUT2D eigenvalue weighted by Gasteiger charge is 2.41. The van der Waals surface area contributed by atoms with Gasteiger partial charge in [-0.1, -0.05) is 77.0 Å². The first-order valence-electron chi connectivity index (χ1n) is 14.8. The van der Waals surface area contributed by atoms with Crippen molar-refractivity contribution in [2.24, 2.45) is 11.1 Å². The maximum atomic E-state index is 13.7. The van der Waals surface area contributed by atoms with Crippen LogP contribution in [-0.4, -0.2) is 47.5 Å². The number of hydrogen-bond acceptors (Lipinski definition) is 7. The lowest BCUT2D eigenvalue weighted by atomic mass is 9.62. The Morgan fingerprint density at radius 2 is 1.74 bits per heavy atom. The van der Waals surface area contributed by atoms with Crippen molar-refractivity contribution in [2.45, 2.75) is 91.2 Å². The van der Waals surface area contributed by atoms with Gasteiger partial charge in [-0.15, -0.1) is 0 Å². The number of hydrogen-bond donors (Lipinski definition) is 2. The average Bonchev–Trinajstić information content (AvgIpc) is 3.36. The number of nitrogens with zero attached hydrogens (tertiary/aromatic N) is 2. The monoisotopic (exact) mass is 575 g/mol. The quantitative estimate of drug-likeness (QED) is 0.121. The number of fused-ring (bicyclic) bond motifs is 3. The molecular weight excluding hydrogens is 530 g/mol. The van der Waals surface area contributed by atoms with Crippen molar-refractivity contribution in [3.05, 3.63) is 64.8 Å². The second kappa shape index (κ2) is 12.2. The first-order chi connectivity index (χ1) is 19.8. The molecule has 42 heavy (non-hydrogen) atoms. The van der Waals surface area contributed by atoms with Crippen LogP contribution in [0.15, 0.2) is 47.8 Å². The Morgan fingerprint density at radius 1 is 1.07 bits per heavy atom. The number of likely N-dealkylation sites (N-methyl/N-ethyl adjacent to an activating group) is 1. The molecule has 0 bridgehead atoms. The molecule has 226 valence electrons. The van der Waals surface area contributed by atoms with E-state index in [0.717, 1.165) is 40.6 Å². The van der Waals surface area contributed by atoms with Crippen LogP contribution in [0.5, 0.6) is 0 Å². The summed E-state index contributed by atoms with van der Waals surface area (Å²) in [5.41, 5.74) is 5.78. The summed E-state index contributed by atoms with van der Waals surface area (Å²) < 4.78 is 11.0. The molecule has 0 unspecified atom stereocenters. The summed E-state index contributed by atoms with van der Waals surface area (Å²) >= 11 is 0. The van der Waals surface area contributed by atoms with Gasteiger partial charge in [0.15, 0.2) is 5.71 Å². The van der Waals surface area contributed by atoms with E-state index in [1.807, 2.05) is 62.3 Å². The predicted molar refractivity (Wildman–Crippen MR) is 166 cm³/mol. The van der Waals surface area contributed by atoms with E-state index >= 15 is 0 Å². The van der Waals surface area contributed by atoms with Gasteiger partial charge in [0.25, 0.3) is 0 Å². The van der Waals surface area contributed by atoms with Gasteiger partial charge in [-0.05, 0) is 64.8 Å². The lowest BCUT2D eigenvalue weighted by Crippen LogP contribution is -2.44. The number of oxime groups is 1. The van der Waals surface area contributed by atoms with Crippen molar-refractivity contribution < 1.29 is 24.3 Å². The molecule has 2 aromatic carbocycles. The van der Waals surface area contributed by atoms with Gasteiger partial charge in [0.05, 0.1) is 12.1 Å². The number of esters is 2. The number of carbonyl (C=O) groups excluding carboxylic acids is 2. The van der Waals surface area contributed by atoms with E-state index in [9.17, 15) is 14.8 Å². The summed E-state index contributed by atoms with van der Waals surface area (Å²) in [5.74, 6) is -1.01. The van der Waals surface area contributed by atoms with Crippen LogP contribution in [0.4, 0.5) is 5.69 Å². The molecule has 2 N–H and O–H groups in total. The maximum absolute atomic E-state index is 13.7. The van der Waals surface area contributed by atoms with Gasteiger partial charge < -0.3 is 24.6 Å². The van der Waals surface area contributed by atoms with Crippen LogP contribution in [0, 0.1) is 5.92 Å². The third-order valence-electron chi connectivity index (χ3n) is 8.68. The van der Waals surface area contributed by atoms with Crippen molar-refractivity contribution >= 4 is 34.2 Å². The number of benzene rings is 2. The zero-order valence-corrected chi connectivity index (χ0v) is 26.2. The van der Waals surface area contributed by atoms with Crippen LogP contribution in [-0.2, 0) is 42.9 Å². The van der Waals surface area contributed by atoms with E-state index in [4.69, 9.17) is 9.47 Å². The molecule has 8 heteroatoms. The summed E-state index contributed by atoms with van der Waals surface area (Å²) in [6.45, 7) is 15.2. The molecule has 8 nitrogen and oxygen atoms in total. The molecule has 3 aromatic rings. The largest absolute Gasteiger partial charge is 0.461 e. The zero-order chi connectivity index (χ0) is 30.8. The van der Waals surface area contributed by atoms with Gasteiger partial charge >= 0.3 is 11.9 Å². The predicted octanol–water partition coefficient (Wildman–Crippen LogP) is 6.66. The van der Waals surface area contributed by atoms with E-state index in [2.05, 4.69) is 43.9 Å². The summed E-state index contributed by atoms with van der Waals surface area (Å²) in [6, 6.07) is 11.3. The second-order valence-electron chi connectivity index (χ2n) is 13.0. The maximum Gasteiger partial charge on any atom is 0.356 e. The van der Waals surface area contributed by atoms with E-state index in [1.54, 1.807) is 6.92 Å². The van der Waals surface area contributed by atoms with Crippen LogP contribution < -0.4 is 4.90 Å². The Balaban J connectivity index is 1.87. The van der Waals surface area contributed by atoms with E-state index < -0.39 is 12.0 Å². The van der Waals surface area contributed by atoms with E-state index in [1.165, 1.54) is 11.1 Å². The molecule has 0 aliphatic heterocycles. The highest BCUT2D eigenvalue weighted by Crippen LogP contribution is 2.51. The van der Waals surface area contributed by atoms with Crippen LogP contribution in [0.25, 0.3) is 10.9 Å². The lowest BCUT2D eigenvalue weighted by Gasteiger charge is -2.43. The zero-order valence-electron chi connectivity index (χ0n) is 26.2. The molecule has 1 aliphatic carbocycles. The topological polar surface area (TPSA) is 104 Å². The third-order valence-corrected chi connectivity index (χ3v) is 8.68. The number of nitrogens with one attached hydrogen (secondary N) is 1. The van der Waals surface area contributed by atoms with Gasteiger partial charge in [0.1, 0.15) is 12.6 Å². The summed E-state index contributed by atoms with van der Waals surface area (Å²) in [6.07, 6.45) is 4.01. The molecule has 1 atom stereocenters. The number of ether oxygens (including phenoxy) is 2. The third kappa shape index (κ3) is 6.03. The number of H-pyrrole nitrogens is 1. The molecule has 0 saturated heterocycles. The molecule has 0 radical (unpaired) electrons. The molecular formula is C34H45N3O5. The number of carbonyl (C=O) groups is 2. The molecule has 1 heterocycles. The molecule has 0 spiro atoms. The Hall–Kier alpha value is -3.81. The fourth-order valence-electron chi connectivity index (χ4n) is 6.29. The Morgan fingerprint density at radius 3 is 2.36 bits per heavy atom.